The van der Waals surface area contributed by atoms with Gasteiger partial charge >= 0.3 is 0 Å². The number of hydrogen-bond acceptors (Lipinski definition) is 0. The quantitative estimate of drug-likeness (QED) is 0.353. The minimum absolute atomic E-state index is 0.145. The van der Waals surface area contributed by atoms with Crippen molar-refractivity contribution in [2.24, 2.45) is 7.05 Å². The summed E-state index contributed by atoms with van der Waals surface area (Å²) in [4.78, 5) is 0. The number of halogens is 5. The zero-order chi connectivity index (χ0) is 15.3. The van der Waals surface area contributed by atoms with Crippen LogP contribution >= 0.6 is 0 Å². The van der Waals surface area contributed by atoms with E-state index in [1.54, 1.807) is 18.2 Å². The third kappa shape index (κ3) is 1.75. The first-order valence-corrected chi connectivity index (χ1v) is 6.00. The number of aromatic nitrogens is 1. The molecule has 0 aliphatic rings. The molecule has 0 radical (unpaired) electrons. The van der Waals surface area contributed by atoms with E-state index in [0.29, 0.717) is 5.56 Å². The Morgan fingerprint density at radius 3 is 1.90 bits per heavy atom. The fourth-order valence-corrected chi connectivity index (χ4v) is 2.43. The van der Waals surface area contributed by atoms with Crippen LogP contribution in [-0.2, 0) is 7.05 Å². The molecule has 0 saturated heterocycles. The molecular formula is C15H8F5N. The first-order valence-electron chi connectivity index (χ1n) is 6.00. The molecule has 108 valence electrons. The SMILES string of the molecule is Cn1c(-c2ccccc2)c(F)c2c(F)c(F)c(F)c(F)c21. The van der Waals surface area contributed by atoms with Gasteiger partial charge in [-0.15, -0.1) is 0 Å². The van der Waals surface area contributed by atoms with Gasteiger partial charge in [-0.25, -0.2) is 22.0 Å². The van der Waals surface area contributed by atoms with Crippen molar-refractivity contribution in [3.8, 4) is 11.3 Å². The lowest BCUT2D eigenvalue weighted by Crippen LogP contribution is -2.00. The molecule has 1 aromatic heterocycles. The molecule has 21 heavy (non-hydrogen) atoms. The van der Waals surface area contributed by atoms with Gasteiger partial charge in [0, 0.05) is 12.6 Å². The van der Waals surface area contributed by atoms with Crippen molar-refractivity contribution in [1.29, 1.82) is 0 Å². The minimum atomic E-state index is -2.02. The van der Waals surface area contributed by atoms with E-state index in [1.807, 2.05) is 0 Å². The number of benzene rings is 2. The Hall–Kier alpha value is -2.37. The molecule has 1 nitrogen and oxygen atoms in total. The summed E-state index contributed by atoms with van der Waals surface area (Å²) in [7, 11) is 1.26. The maximum atomic E-state index is 14.4. The highest BCUT2D eigenvalue weighted by molar-refractivity contribution is 5.89. The lowest BCUT2D eigenvalue weighted by molar-refractivity contribution is 0.415. The summed E-state index contributed by atoms with van der Waals surface area (Å²) in [5.41, 5.74) is -0.454. The fraction of sp³-hybridized carbons (Fsp3) is 0.0667. The van der Waals surface area contributed by atoms with Crippen LogP contribution in [0, 0.1) is 29.1 Å². The van der Waals surface area contributed by atoms with E-state index in [9.17, 15) is 22.0 Å². The fourth-order valence-electron chi connectivity index (χ4n) is 2.43. The molecule has 0 amide bonds. The molecule has 0 unspecified atom stereocenters. The molecular weight excluding hydrogens is 289 g/mol. The molecule has 0 fully saturated rings. The normalized spacial score (nSPS) is 11.3. The molecule has 0 N–H and O–H groups in total. The molecule has 0 aliphatic carbocycles. The van der Waals surface area contributed by atoms with E-state index >= 15 is 0 Å². The highest BCUT2D eigenvalue weighted by atomic mass is 19.2. The second kappa shape index (κ2) is 4.58. The zero-order valence-corrected chi connectivity index (χ0v) is 10.7. The minimum Gasteiger partial charge on any atom is -0.339 e. The molecule has 3 rings (SSSR count). The van der Waals surface area contributed by atoms with Gasteiger partial charge < -0.3 is 4.57 Å². The van der Waals surface area contributed by atoms with Crippen LogP contribution in [0.4, 0.5) is 22.0 Å². The van der Waals surface area contributed by atoms with Crippen LogP contribution in [0.1, 0.15) is 0 Å². The molecule has 2 aromatic carbocycles. The summed E-state index contributed by atoms with van der Waals surface area (Å²) >= 11 is 0. The van der Waals surface area contributed by atoms with Crippen LogP contribution in [0.5, 0.6) is 0 Å². The number of fused-ring (bicyclic) bond motifs is 1. The number of hydrogen-bond donors (Lipinski definition) is 0. The molecule has 0 saturated carbocycles. The lowest BCUT2D eigenvalue weighted by atomic mass is 10.1. The average molecular weight is 297 g/mol. The van der Waals surface area contributed by atoms with E-state index in [-0.39, 0.29) is 5.69 Å². The summed E-state index contributed by atoms with van der Waals surface area (Å²) in [6, 6.07) is 7.96. The summed E-state index contributed by atoms with van der Waals surface area (Å²) in [6.45, 7) is 0. The van der Waals surface area contributed by atoms with Crippen LogP contribution in [0.25, 0.3) is 22.2 Å². The van der Waals surface area contributed by atoms with E-state index in [4.69, 9.17) is 0 Å². The predicted octanol–water partition coefficient (Wildman–Crippen LogP) is 4.54. The second-order valence-electron chi connectivity index (χ2n) is 4.57. The summed E-state index contributed by atoms with van der Waals surface area (Å²) in [5.74, 6) is -8.47. The largest absolute Gasteiger partial charge is 0.339 e. The van der Waals surface area contributed by atoms with Crippen molar-refractivity contribution in [3.05, 3.63) is 59.4 Å². The molecule has 0 atom stereocenters. The highest BCUT2D eigenvalue weighted by Crippen LogP contribution is 2.36. The maximum absolute atomic E-state index is 14.4. The van der Waals surface area contributed by atoms with Crippen LogP contribution in [0.15, 0.2) is 30.3 Å². The van der Waals surface area contributed by atoms with Gasteiger partial charge in [-0.1, -0.05) is 30.3 Å². The Balaban J connectivity index is 2.51. The lowest BCUT2D eigenvalue weighted by Gasteiger charge is -2.05. The molecule has 3 aromatic rings. The average Bonchev–Trinajstić information content (AvgIpc) is 2.75. The predicted molar refractivity (Wildman–Crippen MR) is 68.1 cm³/mol. The van der Waals surface area contributed by atoms with Gasteiger partial charge in [-0.2, -0.15) is 0 Å². The topological polar surface area (TPSA) is 4.93 Å². The van der Waals surface area contributed by atoms with Crippen LogP contribution < -0.4 is 0 Å². The van der Waals surface area contributed by atoms with Gasteiger partial charge in [0.1, 0.15) is 0 Å². The summed E-state index contributed by atoms with van der Waals surface area (Å²) in [6.07, 6.45) is 0. The van der Waals surface area contributed by atoms with E-state index in [1.165, 1.54) is 19.2 Å². The van der Waals surface area contributed by atoms with Crippen molar-refractivity contribution in [1.82, 2.24) is 4.57 Å². The highest BCUT2D eigenvalue weighted by Gasteiger charge is 2.28. The van der Waals surface area contributed by atoms with Crippen molar-refractivity contribution in [3.63, 3.8) is 0 Å². The first kappa shape index (κ1) is 13.6. The smallest absolute Gasteiger partial charge is 0.199 e. The third-order valence-electron chi connectivity index (χ3n) is 3.39. The Morgan fingerprint density at radius 2 is 1.29 bits per heavy atom. The number of nitrogens with zero attached hydrogens (tertiary/aromatic N) is 1. The standard InChI is InChI=1S/C15H8F5N/c1-21-14(7-5-3-2-4-6-7)10(17)8-9(16)11(18)12(19)13(20)15(8)21/h2-6H,1H3. The zero-order valence-electron chi connectivity index (χ0n) is 10.7. The number of rotatable bonds is 1. The summed E-state index contributed by atoms with van der Waals surface area (Å²) < 4.78 is 69.6. The Bertz CT molecular complexity index is 801. The second-order valence-corrected chi connectivity index (χ2v) is 4.57. The molecule has 0 bridgehead atoms. The van der Waals surface area contributed by atoms with Gasteiger partial charge in [-0.05, 0) is 0 Å². The van der Waals surface area contributed by atoms with Crippen LogP contribution in [0.2, 0.25) is 0 Å². The van der Waals surface area contributed by atoms with Gasteiger partial charge in [0.2, 0.25) is 0 Å². The summed E-state index contributed by atoms with van der Waals surface area (Å²) in [5, 5.41) is -0.896. The van der Waals surface area contributed by atoms with E-state index < -0.39 is 40.0 Å². The third-order valence-corrected chi connectivity index (χ3v) is 3.39. The van der Waals surface area contributed by atoms with Crippen molar-refractivity contribution >= 4 is 10.9 Å². The molecule has 1 heterocycles. The van der Waals surface area contributed by atoms with Gasteiger partial charge in [-0.3, -0.25) is 0 Å². The van der Waals surface area contributed by atoms with Gasteiger partial charge in [0.25, 0.3) is 0 Å². The van der Waals surface area contributed by atoms with Crippen LogP contribution in [-0.4, -0.2) is 4.57 Å². The van der Waals surface area contributed by atoms with Crippen LogP contribution in [0.3, 0.4) is 0 Å². The van der Waals surface area contributed by atoms with Gasteiger partial charge in [0.15, 0.2) is 29.1 Å². The van der Waals surface area contributed by atoms with Gasteiger partial charge in [0.05, 0.1) is 16.6 Å². The van der Waals surface area contributed by atoms with Crippen molar-refractivity contribution < 1.29 is 22.0 Å². The maximum Gasteiger partial charge on any atom is 0.199 e. The molecule has 0 aliphatic heterocycles. The monoisotopic (exact) mass is 297 g/mol. The van der Waals surface area contributed by atoms with E-state index in [0.717, 1.165) is 4.57 Å². The van der Waals surface area contributed by atoms with Crippen molar-refractivity contribution in [2.45, 2.75) is 0 Å². The Kier molecular flexibility index (Phi) is 2.97. The Morgan fingerprint density at radius 1 is 0.714 bits per heavy atom. The molecule has 6 heteroatoms. The number of aryl methyl sites for hydroxylation is 1. The Labute approximate surface area is 116 Å². The van der Waals surface area contributed by atoms with Crippen molar-refractivity contribution in [2.75, 3.05) is 0 Å². The van der Waals surface area contributed by atoms with E-state index in [2.05, 4.69) is 0 Å². The first-order chi connectivity index (χ1) is 9.95. The molecule has 0 spiro atoms.